The topological polar surface area (TPSA) is 47.9 Å². The first-order valence-electron chi connectivity index (χ1n) is 4.46. The number of ether oxygens (including phenoxy) is 1. The van der Waals surface area contributed by atoms with Gasteiger partial charge in [-0.15, -0.1) is 0 Å². The van der Waals surface area contributed by atoms with E-state index in [4.69, 9.17) is 0 Å². The molecule has 0 saturated heterocycles. The van der Waals surface area contributed by atoms with Crippen LogP contribution in [0.2, 0.25) is 0 Å². The van der Waals surface area contributed by atoms with Crippen molar-refractivity contribution < 1.29 is 14.4 Å². The maximum atomic E-state index is 11.4. The van der Waals surface area contributed by atoms with Crippen LogP contribution in [0.15, 0.2) is 29.4 Å². The Balaban J connectivity index is 3.17. The number of rotatable bonds is 3. The summed E-state index contributed by atoms with van der Waals surface area (Å²) in [5.74, 6) is -0.508. The van der Waals surface area contributed by atoms with E-state index >= 15 is 0 Å². The van der Waals surface area contributed by atoms with Crippen LogP contribution in [0.1, 0.15) is 11.1 Å². The van der Waals surface area contributed by atoms with Crippen LogP contribution in [0.4, 0.5) is 0 Å². The van der Waals surface area contributed by atoms with Gasteiger partial charge in [0.2, 0.25) is 0 Å². The molecular formula is C11H13NO3. The van der Waals surface area contributed by atoms with Crippen LogP contribution in [0.5, 0.6) is 0 Å². The number of hydrogen-bond donors (Lipinski definition) is 0. The molecule has 1 rings (SSSR count). The molecule has 4 heteroatoms. The van der Waals surface area contributed by atoms with Crippen molar-refractivity contribution in [2.24, 2.45) is 5.16 Å². The van der Waals surface area contributed by atoms with Crippen molar-refractivity contribution in [3.63, 3.8) is 0 Å². The molecule has 0 aliphatic carbocycles. The van der Waals surface area contributed by atoms with Crippen LogP contribution in [0, 0.1) is 6.92 Å². The third-order valence-corrected chi connectivity index (χ3v) is 1.96. The summed E-state index contributed by atoms with van der Waals surface area (Å²) in [5.41, 5.74) is 1.84. The smallest absolute Gasteiger partial charge is 0.360 e. The third-order valence-electron chi connectivity index (χ3n) is 1.96. The molecule has 0 aliphatic rings. The summed E-state index contributed by atoms with van der Waals surface area (Å²) in [6.45, 7) is 1.89. The minimum Gasteiger partial charge on any atom is -0.464 e. The van der Waals surface area contributed by atoms with Gasteiger partial charge in [-0.1, -0.05) is 29.4 Å². The van der Waals surface area contributed by atoms with Gasteiger partial charge in [-0.3, -0.25) is 0 Å². The Labute approximate surface area is 88.5 Å². The number of hydrogen-bond acceptors (Lipinski definition) is 4. The van der Waals surface area contributed by atoms with Gasteiger partial charge in [0.15, 0.2) is 5.71 Å². The molecular weight excluding hydrogens is 194 g/mol. The second-order valence-electron chi connectivity index (χ2n) is 2.93. The van der Waals surface area contributed by atoms with Gasteiger partial charge < -0.3 is 9.57 Å². The number of aryl methyl sites for hydroxylation is 1. The van der Waals surface area contributed by atoms with E-state index in [-0.39, 0.29) is 5.71 Å². The highest BCUT2D eigenvalue weighted by atomic mass is 16.6. The number of benzene rings is 1. The van der Waals surface area contributed by atoms with Crippen LogP contribution in [-0.4, -0.2) is 25.9 Å². The zero-order valence-corrected chi connectivity index (χ0v) is 8.98. The van der Waals surface area contributed by atoms with Gasteiger partial charge in [0, 0.05) is 5.56 Å². The highest BCUT2D eigenvalue weighted by molar-refractivity contribution is 6.43. The van der Waals surface area contributed by atoms with Crippen LogP contribution < -0.4 is 0 Å². The van der Waals surface area contributed by atoms with E-state index in [1.54, 1.807) is 6.07 Å². The van der Waals surface area contributed by atoms with Crippen molar-refractivity contribution in [1.29, 1.82) is 0 Å². The Kier molecular flexibility index (Phi) is 3.85. The number of carbonyl (C=O) groups excluding carboxylic acids is 1. The maximum Gasteiger partial charge on any atom is 0.360 e. The minimum atomic E-state index is -0.508. The molecule has 1 aromatic carbocycles. The van der Waals surface area contributed by atoms with E-state index in [0.717, 1.165) is 5.56 Å². The Bertz CT molecular complexity index is 385. The lowest BCUT2D eigenvalue weighted by Crippen LogP contribution is -2.18. The molecule has 0 bridgehead atoms. The first-order valence-corrected chi connectivity index (χ1v) is 4.46. The summed E-state index contributed by atoms with van der Waals surface area (Å²) in [6, 6.07) is 7.41. The summed E-state index contributed by atoms with van der Waals surface area (Å²) in [6.07, 6.45) is 0. The van der Waals surface area contributed by atoms with Crippen LogP contribution in [-0.2, 0) is 14.4 Å². The quantitative estimate of drug-likeness (QED) is 0.429. The largest absolute Gasteiger partial charge is 0.464 e. The molecule has 0 amide bonds. The van der Waals surface area contributed by atoms with E-state index in [2.05, 4.69) is 14.7 Å². The predicted octanol–water partition coefficient (Wildman–Crippen LogP) is 1.52. The first-order chi connectivity index (χ1) is 7.20. The van der Waals surface area contributed by atoms with E-state index in [1.165, 1.54) is 14.2 Å². The fourth-order valence-electron chi connectivity index (χ4n) is 1.22. The summed E-state index contributed by atoms with van der Waals surface area (Å²) >= 11 is 0. The van der Waals surface area contributed by atoms with Crippen molar-refractivity contribution in [2.75, 3.05) is 14.2 Å². The van der Waals surface area contributed by atoms with Gasteiger partial charge in [-0.05, 0) is 12.5 Å². The van der Waals surface area contributed by atoms with Crippen molar-refractivity contribution in [2.45, 2.75) is 6.92 Å². The second-order valence-corrected chi connectivity index (χ2v) is 2.93. The number of oxime groups is 1. The molecule has 0 N–H and O–H groups in total. The lowest BCUT2D eigenvalue weighted by Gasteiger charge is -2.06. The van der Waals surface area contributed by atoms with Crippen molar-refractivity contribution in [3.8, 4) is 0 Å². The normalized spacial score (nSPS) is 11.0. The Morgan fingerprint density at radius 3 is 2.47 bits per heavy atom. The monoisotopic (exact) mass is 207 g/mol. The molecule has 0 heterocycles. The summed E-state index contributed by atoms with van der Waals surface area (Å²) in [7, 11) is 2.70. The molecule has 1 aromatic rings. The Hall–Kier alpha value is -1.84. The van der Waals surface area contributed by atoms with E-state index < -0.39 is 5.97 Å². The molecule has 0 fully saturated rings. The average Bonchev–Trinajstić information content (AvgIpc) is 2.26. The van der Waals surface area contributed by atoms with Crippen molar-refractivity contribution in [1.82, 2.24) is 0 Å². The molecule has 0 spiro atoms. The molecule has 0 radical (unpaired) electrons. The SMILES string of the molecule is CO/N=C(\C(=O)OC)c1ccccc1C. The lowest BCUT2D eigenvalue weighted by atomic mass is 10.0. The molecule has 0 aromatic heterocycles. The molecule has 0 unspecified atom stereocenters. The van der Waals surface area contributed by atoms with Crippen molar-refractivity contribution >= 4 is 11.7 Å². The van der Waals surface area contributed by atoms with Gasteiger partial charge >= 0.3 is 5.97 Å². The summed E-state index contributed by atoms with van der Waals surface area (Å²) in [4.78, 5) is 16.0. The molecule has 0 atom stereocenters. The minimum absolute atomic E-state index is 0.179. The molecule has 4 nitrogen and oxygen atoms in total. The number of nitrogens with zero attached hydrogens (tertiary/aromatic N) is 1. The first kappa shape index (κ1) is 11.2. The Morgan fingerprint density at radius 1 is 1.27 bits per heavy atom. The van der Waals surface area contributed by atoms with Crippen LogP contribution in [0.3, 0.4) is 0 Å². The average molecular weight is 207 g/mol. The standard InChI is InChI=1S/C11H13NO3/c1-8-6-4-5-7-9(8)10(12-15-3)11(13)14-2/h4-7H,1-3H3/b12-10-. The third kappa shape index (κ3) is 2.56. The molecule has 0 saturated carbocycles. The molecule has 80 valence electrons. The van der Waals surface area contributed by atoms with Gasteiger partial charge in [-0.2, -0.15) is 0 Å². The van der Waals surface area contributed by atoms with Crippen LogP contribution in [0.25, 0.3) is 0 Å². The maximum absolute atomic E-state index is 11.4. The summed E-state index contributed by atoms with van der Waals surface area (Å²) < 4.78 is 4.62. The summed E-state index contributed by atoms with van der Waals surface area (Å²) in [5, 5.41) is 3.67. The van der Waals surface area contributed by atoms with E-state index in [1.807, 2.05) is 25.1 Å². The van der Waals surface area contributed by atoms with E-state index in [0.29, 0.717) is 5.56 Å². The second kappa shape index (κ2) is 5.14. The zero-order valence-electron chi connectivity index (χ0n) is 8.98. The lowest BCUT2D eigenvalue weighted by molar-refractivity contribution is -0.132. The highest BCUT2D eigenvalue weighted by Crippen LogP contribution is 2.09. The zero-order chi connectivity index (χ0) is 11.3. The van der Waals surface area contributed by atoms with Crippen LogP contribution >= 0.6 is 0 Å². The molecule has 15 heavy (non-hydrogen) atoms. The van der Waals surface area contributed by atoms with Crippen molar-refractivity contribution in [3.05, 3.63) is 35.4 Å². The predicted molar refractivity (Wildman–Crippen MR) is 56.7 cm³/mol. The number of esters is 1. The fraction of sp³-hybridized carbons (Fsp3) is 0.273. The number of methoxy groups -OCH3 is 1. The molecule has 0 aliphatic heterocycles. The highest BCUT2D eigenvalue weighted by Gasteiger charge is 2.16. The Morgan fingerprint density at radius 2 is 1.93 bits per heavy atom. The van der Waals surface area contributed by atoms with Gasteiger partial charge in [-0.25, -0.2) is 4.79 Å². The van der Waals surface area contributed by atoms with E-state index in [9.17, 15) is 4.79 Å². The van der Waals surface area contributed by atoms with Gasteiger partial charge in [0.05, 0.1) is 7.11 Å². The van der Waals surface area contributed by atoms with Gasteiger partial charge in [0.25, 0.3) is 0 Å². The fourth-order valence-corrected chi connectivity index (χ4v) is 1.22. The number of carbonyl (C=O) groups is 1. The van der Waals surface area contributed by atoms with Gasteiger partial charge in [0.1, 0.15) is 7.11 Å².